The molecule has 102 valence electrons. The van der Waals surface area contributed by atoms with Gasteiger partial charge in [-0.3, -0.25) is 4.79 Å². The third kappa shape index (κ3) is 3.17. The largest absolute Gasteiger partial charge is 0.491 e. The first-order chi connectivity index (χ1) is 9.15. The molecule has 0 bridgehead atoms. The fraction of sp³-hybridized carbons (Fsp3) is 0.500. The standard InChI is InChI=1S/C14H19BO4/c1-3-5-13(16)14(4-2)19-11-7-6-10-9-18-15(17)12(10)8-11/h6-8,14,17H,3-5,9H2,1-2H3. The SMILES string of the molecule is CCCC(=O)C(CC)Oc1ccc2c(c1)B(O)OC2. The number of ketones is 1. The molecule has 0 radical (unpaired) electrons. The van der Waals surface area contributed by atoms with E-state index in [-0.39, 0.29) is 5.78 Å². The van der Waals surface area contributed by atoms with Crippen LogP contribution in [0, 0.1) is 0 Å². The molecular weight excluding hydrogens is 243 g/mol. The van der Waals surface area contributed by atoms with Crippen LogP contribution < -0.4 is 10.2 Å². The Kier molecular flexibility index (Phi) is 4.61. The maximum atomic E-state index is 11.9. The smallest absolute Gasteiger partial charge is 0.483 e. The molecule has 0 aliphatic carbocycles. The van der Waals surface area contributed by atoms with Gasteiger partial charge in [0.15, 0.2) is 11.9 Å². The molecule has 0 amide bonds. The number of fused-ring (bicyclic) bond motifs is 1. The van der Waals surface area contributed by atoms with Crippen LogP contribution in [0.3, 0.4) is 0 Å². The zero-order valence-electron chi connectivity index (χ0n) is 11.4. The number of rotatable bonds is 6. The summed E-state index contributed by atoms with van der Waals surface area (Å²) in [6, 6.07) is 5.45. The van der Waals surface area contributed by atoms with Gasteiger partial charge >= 0.3 is 7.12 Å². The van der Waals surface area contributed by atoms with Crippen LogP contribution in [0.15, 0.2) is 18.2 Å². The van der Waals surface area contributed by atoms with Crippen LogP contribution in [0.2, 0.25) is 0 Å². The lowest BCUT2D eigenvalue weighted by Gasteiger charge is -2.16. The van der Waals surface area contributed by atoms with Gasteiger partial charge in [0.1, 0.15) is 5.75 Å². The maximum absolute atomic E-state index is 11.9. The monoisotopic (exact) mass is 262 g/mol. The van der Waals surface area contributed by atoms with Crippen molar-refractivity contribution in [3.05, 3.63) is 23.8 Å². The average Bonchev–Trinajstić information content (AvgIpc) is 2.78. The van der Waals surface area contributed by atoms with Crippen LogP contribution >= 0.6 is 0 Å². The minimum absolute atomic E-state index is 0.127. The van der Waals surface area contributed by atoms with Gasteiger partial charge in [-0.15, -0.1) is 0 Å². The number of carbonyl (C=O) groups is 1. The normalized spacial score (nSPS) is 15.2. The predicted molar refractivity (Wildman–Crippen MR) is 73.5 cm³/mol. The molecular formula is C14H19BO4. The summed E-state index contributed by atoms with van der Waals surface area (Å²) >= 11 is 0. The first-order valence-corrected chi connectivity index (χ1v) is 6.77. The Morgan fingerprint density at radius 1 is 1.53 bits per heavy atom. The number of Topliss-reactive ketones (excluding diaryl/α,β-unsaturated/α-hetero) is 1. The predicted octanol–water partition coefficient (Wildman–Crippen LogP) is 1.43. The van der Waals surface area contributed by atoms with Crippen molar-refractivity contribution in [2.45, 2.75) is 45.8 Å². The molecule has 1 aromatic carbocycles. The lowest BCUT2D eigenvalue weighted by atomic mass is 9.79. The second kappa shape index (κ2) is 6.22. The van der Waals surface area contributed by atoms with Gasteiger partial charge in [0.2, 0.25) is 0 Å². The van der Waals surface area contributed by atoms with E-state index in [2.05, 4.69) is 0 Å². The van der Waals surface area contributed by atoms with Gasteiger partial charge in [-0.05, 0) is 36.0 Å². The number of carbonyl (C=O) groups excluding carboxylic acids is 1. The Bertz CT molecular complexity index is 461. The molecule has 5 heteroatoms. The Morgan fingerprint density at radius 2 is 2.32 bits per heavy atom. The van der Waals surface area contributed by atoms with Crippen LogP contribution in [-0.2, 0) is 16.1 Å². The molecule has 0 aromatic heterocycles. The topological polar surface area (TPSA) is 55.8 Å². The van der Waals surface area contributed by atoms with Crippen LogP contribution in [-0.4, -0.2) is 24.0 Å². The molecule has 0 saturated carbocycles. The molecule has 19 heavy (non-hydrogen) atoms. The zero-order valence-corrected chi connectivity index (χ0v) is 11.4. The molecule has 1 aromatic rings. The third-order valence-corrected chi connectivity index (χ3v) is 3.28. The van der Waals surface area contributed by atoms with Crippen molar-refractivity contribution in [2.24, 2.45) is 0 Å². The molecule has 1 aliphatic heterocycles. The number of hydrogen-bond acceptors (Lipinski definition) is 4. The maximum Gasteiger partial charge on any atom is 0.491 e. The summed E-state index contributed by atoms with van der Waals surface area (Å²) in [6.45, 7) is 4.33. The van der Waals surface area contributed by atoms with Crippen molar-refractivity contribution < 1.29 is 19.2 Å². The van der Waals surface area contributed by atoms with E-state index >= 15 is 0 Å². The van der Waals surface area contributed by atoms with Crippen molar-refractivity contribution in [2.75, 3.05) is 0 Å². The van der Waals surface area contributed by atoms with E-state index in [9.17, 15) is 9.82 Å². The fourth-order valence-corrected chi connectivity index (χ4v) is 2.21. The highest BCUT2D eigenvalue weighted by Gasteiger charge is 2.28. The Labute approximate surface area is 113 Å². The van der Waals surface area contributed by atoms with E-state index in [1.54, 1.807) is 6.07 Å². The van der Waals surface area contributed by atoms with Gasteiger partial charge < -0.3 is 14.4 Å². The molecule has 2 rings (SSSR count). The first kappa shape index (κ1) is 14.1. The van der Waals surface area contributed by atoms with E-state index in [0.717, 1.165) is 17.4 Å². The van der Waals surface area contributed by atoms with Gasteiger partial charge in [0.25, 0.3) is 0 Å². The number of benzene rings is 1. The second-order valence-electron chi connectivity index (χ2n) is 4.76. The van der Waals surface area contributed by atoms with Gasteiger partial charge in [0, 0.05) is 6.42 Å². The number of hydrogen-bond donors (Lipinski definition) is 1. The molecule has 1 unspecified atom stereocenters. The minimum Gasteiger partial charge on any atom is -0.483 e. The Morgan fingerprint density at radius 3 is 3.00 bits per heavy atom. The van der Waals surface area contributed by atoms with Gasteiger partial charge in [0.05, 0.1) is 6.61 Å². The summed E-state index contributed by atoms with van der Waals surface area (Å²) in [6.07, 6.45) is 1.61. The van der Waals surface area contributed by atoms with E-state index in [1.165, 1.54) is 0 Å². The zero-order chi connectivity index (χ0) is 13.8. The van der Waals surface area contributed by atoms with E-state index < -0.39 is 13.2 Å². The highest BCUT2D eigenvalue weighted by molar-refractivity contribution is 6.61. The first-order valence-electron chi connectivity index (χ1n) is 6.77. The van der Waals surface area contributed by atoms with Crippen molar-refractivity contribution >= 4 is 18.4 Å². The van der Waals surface area contributed by atoms with Gasteiger partial charge in [-0.25, -0.2) is 0 Å². The molecule has 0 fully saturated rings. The highest BCUT2D eigenvalue weighted by atomic mass is 16.5. The highest BCUT2D eigenvalue weighted by Crippen LogP contribution is 2.19. The van der Waals surface area contributed by atoms with Crippen LogP contribution in [0.1, 0.15) is 38.7 Å². The molecule has 0 spiro atoms. The molecule has 1 heterocycles. The summed E-state index contributed by atoms with van der Waals surface area (Å²) in [5.41, 5.74) is 1.70. The lowest BCUT2D eigenvalue weighted by molar-refractivity contribution is -0.125. The Hall–Kier alpha value is -1.33. The molecule has 1 N–H and O–H groups in total. The van der Waals surface area contributed by atoms with Crippen molar-refractivity contribution in [3.8, 4) is 5.75 Å². The summed E-state index contributed by atoms with van der Waals surface area (Å²) in [5.74, 6) is 0.738. The van der Waals surface area contributed by atoms with E-state index in [0.29, 0.717) is 25.2 Å². The lowest BCUT2D eigenvalue weighted by Crippen LogP contribution is -2.30. The summed E-state index contributed by atoms with van der Waals surface area (Å²) < 4.78 is 10.9. The van der Waals surface area contributed by atoms with Crippen molar-refractivity contribution in [1.29, 1.82) is 0 Å². The quantitative estimate of drug-likeness (QED) is 0.788. The minimum atomic E-state index is -0.884. The second-order valence-corrected chi connectivity index (χ2v) is 4.76. The molecule has 1 atom stereocenters. The van der Waals surface area contributed by atoms with E-state index in [4.69, 9.17) is 9.39 Å². The molecule has 0 saturated heterocycles. The van der Waals surface area contributed by atoms with Crippen molar-refractivity contribution in [1.82, 2.24) is 0 Å². The summed E-state index contributed by atoms with van der Waals surface area (Å²) in [4.78, 5) is 11.9. The van der Waals surface area contributed by atoms with Gasteiger partial charge in [-0.1, -0.05) is 19.9 Å². The average molecular weight is 262 g/mol. The summed E-state index contributed by atoms with van der Waals surface area (Å²) in [5, 5.41) is 9.65. The Balaban J connectivity index is 2.10. The van der Waals surface area contributed by atoms with Gasteiger partial charge in [-0.2, -0.15) is 0 Å². The van der Waals surface area contributed by atoms with Crippen LogP contribution in [0.5, 0.6) is 5.75 Å². The third-order valence-electron chi connectivity index (χ3n) is 3.28. The molecule has 4 nitrogen and oxygen atoms in total. The van der Waals surface area contributed by atoms with Crippen molar-refractivity contribution in [3.63, 3.8) is 0 Å². The summed E-state index contributed by atoms with van der Waals surface area (Å²) in [7, 11) is -0.884. The van der Waals surface area contributed by atoms with E-state index in [1.807, 2.05) is 26.0 Å². The molecule has 1 aliphatic rings. The van der Waals surface area contributed by atoms with Crippen LogP contribution in [0.4, 0.5) is 0 Å². The van der Waals surface area contributed by atoms with Crippen LogP contribution in [0.25, 0.3) is 0 Å². The number of ether oxygens (including phenoxy) is 1. The fourth-order valence-electron chi connectivity index (χ4n) is 2.21.